The van der Waals surface area contributed by atoms with E-state index in [1.54, 1.807) is 0 Å². The van der Waals surface area contributed by atoms with Gasteiger partial charge in [-0.05, 0) is 38.0 Å². The molecule has 2 heteroatoms. The van der Waals surface area contributed by atoms with E-state index in [9.17, 15) is 4.79 Å². The molecule has 2 rings (SSSR count). The van der Waals surface area contributed by atoms with Gasteiger partial charge in [-0.1, -0.05) is 0 Å². The zero-order valence-electron chi connectivity index (χ0n) is 8.13. The Morgan fingerprint density at radius 1 is 1.15 bits per heavy atom. The molecule has 1 saturated carbocycles. The molecule has 2 fully saturated rings. The minimum absolute atomic E-state index is 0.250. The van der Waals surface area contributed by atoms with Crippen molar-refractivity contribution in [2.45, 2.75) is 51.0 Å². The summed E-state index contributed by atoms with van der Waals surface area (Å²) in [4.78, 5) is 11.5. The molecule has 0 radical (unpaired) electrons. The molecule has 0 aromatic carbocycles. The Morgan fingerprint density at radius 2 is 2.00 bits per heavy atom. The maximum absolute atomic E-state index is 11.5. The SMILES string of the molecule is O=C(CC1CC1)CC1CCCCO1. The van der Waals surface area contributed by atoms with Crippen LogP contribution in [0.5, 0.6) is 0 Å². The first-order chi connectivity index (χ1) is 6.34. The molecule has 2 aliphatic rings. The minimum atomic E-state index is 0.250. The second-order valence-electron chi connectivity index (χ2n) is 4.38. The molecule has 0 N–H and O–H groups in total. The summed E-state index contributed by atoms with van der Waals surface area (Å²) in [7, 11) is 0. The first-order valence-corrected chi connectivity index (χ1v) is 5.48. The van der Waals surface area contributed by atoms with E-state index >= 15 is 0 Å². The second-order valence-corrected chi connectivity index (χ2v) is 4.38. The average Bonchev–Trinajstić information content (AvgIpc) is 2.90. The zero-order chi connectivity index (χ0) is 9.10. The van der Waals surface area contributed by atoms with Crippen molar-refractivity contribution in [3.63, 3.8) is 0 Å². The summed E-state index contributed by atoms with van der Waals surface area (Å²) >= 11 is 0. The number of hydrogen-bond donors (Lipinski definition) is 0. The maximum atomic E-state index is 11.5. The normalized spacial score (nSPS) is 28.8. The lowest BCUT2D eigenvalue weighted by molar-refractivity contribution is -0.123. The highest BCUT2D eigenvalue weighted by Gasteiger charge is 2.26. The number of rotatable bonds is 4. The Bertz CT molecular complexity index is 179. The maximum Gasteiger partial charge on any atom is 0.135 e. The van der Waals surface area contributed by atoms with E-state index in [0.717, 1.165) is 25.4 Å². The Balaban J connectivity index is 1.66. The smallest absolute Gasteiger partial charge is 0.135 e. The van der Waals surface area contributed by atoms with Gasteiger partial charge in [-0.15, -0.1) is 0 Å². The van der Waals surface area contributed by atoms with Gasteiger partial charge in [0.15, 0.2) is 0 Å². The molecule has 0 spiro atoms. The van der Waals surface area contributed by atoms with Crippen LogP contribution < -0.4 is 0 Å². The van der Waals surface area contributed by atoms with Gasteiger partial charge in [-0.3, -0.25) is 4.79 Å². The van der Waals surface area contributed by atoms with Gasteiger partial charge in [-0.2, -0.15) is 0 Å². The molecule has 0 amide bonds. The predicted molar refractivity (Wildman–Crippen MR) is 50.6 cm³/mol. The molecule has 1 aliphatic carbocycles. The molecule has 1 atom stereocenters. The van der Waals surface area contributed by atoms with Crippen LogP contribution in [0.25, 0.3) is 0 Å². The van der Waals surface area contributed by atoms with E-state index in [-0.39, 0.29) is 6.10 Å². The van der Waals surface area contributed by atoms with Gasteiger partial charge in [0.2, 0.25) is 0 Å². The van der Waals surface area contributed by atoms with Gasteiger partial charge in [0.25, 0.3) is 0 Å². The highest BCUT2D eigenvalue weighted by atomic mass is 16.5. The van der Waals surface area contributed by atoms with Gasteiger partial charge in [-0.25, -0.2) is 0 Å². The molecule has 2 nitrogen and oxygen atoms in total. The first-order valence-electron chi connectivity index (χ1n) is 5.48. The first kappa shape index (κ1) is 9.20. The number of hydrogen-bond acceptors (Lipinski definition) is 2. The molecule has 0 aromatic heterocycles. The van der Waals surface area contributed by atoms with Crippen LogP contribution in [-0.2, 0) is 9.53 Å². The number of ketones is 1. The van der Waals surface area contributed by atoms with Crippen LogP contribution in [-0.4, -0.2) is 18.5 Å². The van der Waals surface area contributed by atoms with Gasteiger partial charge in [0.05, 0.1) is 6.10 Å². The van der Waals surface area contributed by atoms with Gasteiger partial charge in [0, 0.05) is 19.4 Å². The third-order valence-electron chi connectivity index (χ3n) is 2.94. The lowest BCUT2D eigenvalue weighted by atomic mass is 10.0. The Kier molecular flexibility index (Phi) is 2.99. The summed E-state index contributed by atoms with van der Waals surface area (Å²) in [6.45, 7) is 0.862. The molecule has 13 heavy (non-hydrogen) atoms. The summed E-state index contributed by atoms with van der Waals surface area (Å²) in [6, 6.07) is 0. The van der Waals surface area contributed by atoms with Crippen LogP contribution in [0.1, 0.15) is 44.9 Å². The van der Waals surface area contributed by atoms with Crippen molar-refractivity contribution in [1.82, 2.24) is 0 Å². The topological polar surface area (TPSA) is 26.3 Å². The van der Waals surface area contributed by atoms with Crippen molar-refractivity contribution in [3.05, 3.63) is 0 Å². The third kappa shape index (κ3) is 3.11. The van der Waals surface area contributed by atoms with E-state index in [1.807, 2.05) is 0 Å². The Hall–Kier alpha value is -0.370. The highest BCUT2D eigenvalue weighted by molar-refractivity contribution is 5.79. The van der Waals surface area contributed by atoms with Crippen LogP contribution in [0.15, 0.2) is 0 Å². The van der Waals surface area contributed by atoms with Crippen molar-refractivity contribution < 1.29 is 9.53 Å². The van der Waals surface area contributed by atoms with Crippen molar-refractivity contribution in [2.75, 3.05) is 6.61 Å². The van der Waals surface area contributed by atoms with Crippen LogP contribution >= 0.6 is 0 Å². The number of ether oxygens (including phenoxy) is 1. The minimum Gasteiger partial charge on any atom is -0.378 e. The number of Topliss-reactive ketones (excluding diaryl/α,β-unsaturated/α-hetero) is 1. The van der Waals surface area contributed by atoms with Crippen LogP contribution in [0.4, 0.5) is 0 Å². The molecule has 0 bridgehead atoms. The van der Waals surface area contributed by atoms with Crippen LogP contribution in [0.3, 0.4) is 0 Å². The fourth-order valence-corrected chi connectivity index (χ4v) is 1.95. The molecule has 1 unspecified atom stereocenters. The summed E-state index contributed by atoms with van der Waals surface area (Å²) < 4.78 is 5.53. The highest BCUT2D eigenvalue weighted by Crippen LogP contribution is 2.33. The van der Waals surface area contributed by atoms with Gasteiger partial charge >= 0.3 is 0 Å². The fraction of sp³-hybridized carbons (Fsp3) is 0.909. The lowest BCUT2D eigenvalue weighted by Gasteiger charge is -2.21. The molecule has 0 aromatic rings. The fourth-order valence-electron chi connectivity index (χ4n) is 1.95. The van der Waals surface area contributed by atoms with Crippen molar-refractivity contribution in [1.29, 1.82) is 0 Å². The van der Waals surface area contributed by atoms with Crippen LogP contribution in [0.2, 0.25) is 0 Å². The van der Waals surface area contributed by atoms with Crippen molar-refractivity contribution >= 4 is 5.78 Å². The van der Waals surface area contributed by atoms with E-state index in [2.05, 4.69) is 0 Å². The van der Waals surface area contributed by atoms with E-state index in [4.69, 9.17) is 4.74 Å². The summed E-state index contributed by atoms with van der Waals surface area (Å²) in [6.07, 6.45) is 7.80. The standard InChI is InChI=1S/C11H18O2/c12-10(7-9-4-5-9)8-11-3-1-2-6-13-11/h9,11H,1-8H2. The number of carbonyl (C=O) groups is 1. The molecular formula is C11H18O2. The van der Waals surface area contributed by atoms with E-state index < -0.39 is 0 Å². The summed E-state index contributed by atoms with van der Waals surface area (Å²) in [5.74, 6) is 1.16. The zero-order valence-corrected chi connectivity index (χ0v) is 8.13. The van der Waals surface area contributed by atoms with E-state index in [1.165, 1.54) is 25.7 Å². The monoisotopic (exact) mass is 182 g/mol. The summed E-state index contributed by atoms with van der Waals surface area (Å²) in [5, 5.41) is 0. The molecule has 1 heterocycles. The third-order valence-corrected chi connectivity index (χ3v) is 2.94. The van der Waals surface area contributed by atoms with Crippen molar-refractivity contribution in [2.24, 2.45) is 5.92 Å². The lowest BCUT2D eigenvalue weighted by Crippen LogP contribution is -2.22. The van der Waals surface area contributed by atoms with Crippen LogP contribution in [0, 0.1) is 5.92 Å². The van der Waals surface area contributed by atoms with Crippen molar-refractivity contribution in [3.8, 4) is 0 Å². The van der Waals surface area contributed by atoms with Gasteiger partial charge < -0.3 is 4.74 Å². The quantitative estimate of drug-likeness (QED) is 0.667. The number of carbonyl (C=O) groups excluding carboxylic acids is 1. The van der Waals surface area contributed by atoms with E-state index in [0.29, 0.717) is 12.2 Å². The average molecular weight is 182 g/mol. The van der Waals surface area contributed by atoms with Gasteiger partial charge in [0.1, 0.15) is 5.78 Å². The second kappa shape index (κ2) is 4.23. The molecular weight excluding hydrogens is 164 g/mol. The Morgan fingerprint density at radius 3 is 2.62 bits per heavy atom. The largest absolute Gasteiger partial charge is 0.378 e. The Labute approximate surface area is 79.7 Å². The summed E-state index contributed by atoms with van der Waals surface area (Å²) in [5.41, 5.74) is 0. The molecule has 1 aliphatic heterocycles. The molecule has 74 valence electrons. The molecule has 1 saturated heterocycles. The predicted octanol–water partition coefficient (Wildman–Crippen LogP) is 2.31.